The van der Waals surface area contributed by atoms with E-state index in [2.05, 4.69) is 55.7 Å². The van der Waals surface area contributed by atoms with Crippen LogP contribution in [-0.4, -0.2) is 26.2 Å². The third kappa shape index (κ3) is 4.32. The summed E-state index contributed by atoms with van der Waals surface area (Å²) < 4.78 is 0. The average Bonchev–Trinajstić information content (AvgIpc) is 2.40. The van der Waals surface area contributed by atoms with Crippen LogP contribution >= 0.6 is 0 Å². The number of rotatable bonds is 5. The van der Waals surface area contributed by atoms with Gasteiger partial charge in [-0.25, -0.2) is 0 Å². The molecule has 1 heterocycles. The molecule has 1 aliphatic heterocycles. The van der Waals surface area contributed by atoms with E-state index in [1.807, 2.05) is 0 Å². The highest BCUT2D eigenvalue weighted by molar-refractivity contribution is 5.27. The molecule has 19 heavy (non-hydrogen) atoms. The summed E-state index contributed by atoms with van der Waals surface area (Å²) in [5, 5.41) is 7.15. The Bertz CT molecular complexity index is 375. The third-order valence-corrected chi connectivity index (χ3v) is 4.23. The van der Waals surface area contributed by atoms with E-state index in [0.717, 1.165) is 19.0 Å². The van der Waals surface area contributed by atoms with Gasteiger partial charge in [0.05, 0.1) is 0 Å². The number of benzene rings is 1. The highest BCUT2D eigenvalue weighted by atomic mass is 14.9. The van der Waals surface area contributed by atoms with Gasteiger partial charge >= 0.3 is 0 Å². The van der Waals surface area contributed by atoms with Gasteiger partial charge in [0, 0.05) is 12.0 Å². The summed E-state index contributed by atoms with van der Waals surface area (Å²) in [6.07, 6.45) is 2.69. The summed E-state index contributed by atoms with van der Waals surface area (Å²) in [5.41, 5.74) is 2.96. The van der Waals surface area contributed by atoms with E-state index in [9.17, 15) is 0 Å². The molecule has 0 amide bonds. The van der Waals surface area contributed by atoms with E-state index < -0.39 is 0 Å². The molecule has 1 aliphatic rings. The van der Waals surface area contributed by atoms with Gasteiger partial charge in [-0.2, -0.15) is 0 Å². The zero-order valence-corrected chi connectivity index (χ0v) is 12.6. The van der Waals surface area contributed by atoms with E-state index in [1.54, 1.807) is 0 Å². The SMILES string of the molecule is Cc1ccc(C(C)(C)CNCC2CCCNC2)cc1. The molecule has 2 rings (SSSR count). The van der Waals surface area contributed by atoms with Gasteiger partial charge in [0.1, 0.15) is 0 Å². The molecule has 1 aromatic rings. The Morgan fingerprint density at radius 2 is 2.00 bits per heavy atom. The van der Waals surface area contributed by atoms with Crippen LogP contribution in [0.4, 0.5) is 0 Å². The molecular formula is C17H28N2. The fourth-order valence-electron chi connectivity index (χ4n) is 2.79. The predicted octanol–water partition coefficient (Wildman–Crippen LogP) is 2.86. The molecular weight excluding hydrogens is 232 g/mol. The van der Waals surface area contributed by atoms with Gasteiger partial charge in [0.15, 0.2) is 0 Å². The molecule has 0 spiro atoms. The van der Waals surface area contributed by atoms with Crippen molar-refractivity contribution in [2.24, 2.45) is 5.92 Å². The van der Waals surface area contributed by atoms with Gasteiger partial charge in [0.25, 0.3) is 0 Å². The number of hydrogen-bond donors (Lipinski definition) is 2. The first-order chi connectivity index (χ1) is 9.08. The molecule has 0 saturated carbocycles. The van der Waals surface area contributed by atoms with Crippen LogP contribution in [0.2, 0.25) is 0 Å². The molecule has 1 aromatic carbocycles. The van der Waals surface area contributed by atoms with E-state index >= 15 is 0 Å². The van der Waals surface area contributed by atoms with Gasteiger partial charge < -0.3 is 10.6 Å². The topological polar surface area (TPSA) is 24.1 Å². The average molecular weight is 260 g/mol. The van der Waals surface area contributed by atoms with Crippen LogP contribution in [-0.2, 0) is 5.41 Å². The Hall–Kier alpha value is -0.860. The van der Waals surface area contributed by atoms with E-state index in [4.69, 9.17) is 0 Å². The molecule has 1 unspecified atom stereocenters. The molecule has 106 valence electrons. The van der Waals surface area contributed by atoms with Gasteiger partial charge in [0.2, 0.25) is 0 Å². The molecule has 1 saturated heterocycles. The Morgan fingerprint density at radius 3 is 2.63 bits per heavy atom. The van der Waals surface area contributed by atoms with Gasteiger partial charge in [-0.15, -0.1) is 0 Å². The Morgan fingerprint density at radius 1 is 1.26 bits per heavy atom. The summed E-state index contributed by atoms with van der Waals surface area (Å²) in [6, 6.07) is 8.95. The maximum atomic E-state index is 3.67. The fourth-order valence-corrected chi connectivity index (χ4v) is 2.79. The summed E-state index contributed by atoms with van der Waals surface area (Å²) in [4.78, 5) is 0. The minimum absolute atomic E-state index is 0.204. The molecule has 2 nitrogen and oxygen atoms in total. The largest absolute Gasteiger partial charge is 0.316 e. The molecule has 2 heteroatoms. The molecule has 0 bridgehead atoms. The monoisotopic (exact) mass is 260 g/mol. The van der Waals surface area contributed by atoms with Crippen LogP contribution in [0.1, 0.15) is 37.8 Å². The smallest absolute Gasteiger partial charge is 0.00433 e. The van der Waals surface area contributed by atoms with Gasteiger partial charge in [-0.1, -0.05) is 43.7 Å². The van der Waals surface area contributed by atoms with Crippen molar-refractivity contribution in [1.82, 2.24) is 10.6 Å². The van der Waals surface area contributed by atoms with Crippen LogP contribution in [0, 0.1) is 12.8 Å². The quantitative estimate of drug-likeness (QED) is 0.850. The lowest BCUT2D eigenvalue weighted by Crippen LogP contribution is -2.40. The third-order valence-electron chi connectivity index (χ3n) is 4.23. The first kappa shape index (κ1) is 14.5. The molecule has 0 radical (unpaired) electrons. The number of aryl methyl sites for hydroxylation is 1. The summed E-state index contributed by atoms with van der Waals surface area (Å²) in [7, 11) is 0. The zero-order chi connectivity index (χ0) is 13.7. The van der Waals surface area contributed by atoms with E-state index in [1.165, 1.54) is 37.1 Å². The first-order valence-corrected chi connectivity index (χ1v) is 7.56. The van der Waals surface area contributed by atoms with Crippen molar-refractivity contribution >= 4 is 0 Å². The molecule has 0 aromatic heterocycles. The van der Waals surface area contributed by atoms with Crippen LogP contribution in [0.3, 0.4) is 0 Å². The second-order valence-corrected chi connectivity index (χ2v) is 6.59. The summed E-state index contributed by atoms with van der Waals surface area (Å²) in [6.45, 7) is 11.4. The minimum atomic E-state index is 0.204. The van der Waals surface area contributed by atoms with Crippen molar-refractivity contribution < 1.29 is 0 Å². The van der Waals surface area contributed by atoms with Crippen LogP contribution in [0.25, 0.3) is 0 Å². The van der Waals surface area contributed by atoms with Crippen LogP contribution in [0.5, 0.6) is 0 Å². The van der Waals surface area contributed by atoms with Gasteiger partial charge in [-0.3, -0.25) is 0 Å². The fraction of sp³-hybridized carbons (Fsp3) is 0.647. The van der Waals surface area contributed by atoms with Crippen molar-refractivity contribution in [2.45, 2.75) is 39.0 Å². The van der Waals surface area contributed by atoms with Crippen molar-refractivity contribution in [3.8, 4) is 0 Å². The molecule has 0 aliphatic carbocycles. The maximum Gasteiger partial charge on any atom is 0.00433 e. The van der Waals surface area contributed by atoms with Crippen molar-refractivity contribution in [1.29, 1.82) is 0 Å². The van der Waals surface area contributed by atoms with E-state index in [-0.39, 0.29) is 5.41 Å². The molecule has 2 N–H and O–H groups in total. The number of nitrogens with one attached hydrogen (secondary N) is 2. The number of piperidine rings is 1. The van der Waals surface area contributed by atoms with Crippen LogP contribution < -0.4 is 10.6 Å². The standard InChI is InChI=1S/C17H28N2/c1-14-6-8-16(9-7-14)17(2,3)13-19-12-15-5-4-10-18-11-15/h6-9,15,18-19H,4-5,10-13H2,1-3H3. The lowest BCUT2D eigenvalue weighted by Gasteiger charge is -2.28. The first-order valence-electron chi connectivity index (χ1n) is 7.56. The lowest BCUT2D eigenvalue weighted by molar-refractivity contribution is 0.345. The zero-order valence-electron chi connectivity index (χ0n) is 12.6. The highest BCUT2D eigenvalue weighted by Gasteiger charge is 2.21. The van der Waals surface area contributed by atoms with Crippen LogP contribution in [0.15, 0.2) is 24.3 Å². The van der Waals surface area contributed by atoms with E-state index in [0.29, 0.717) is 0 Å². The Kier molecular flexibility index (Phi) is 5.00. The minimum Gasteiger partial charge on any atom is -0.316 e. The van der Waals surface area contributed by atoms with Crippen molar-refractivity contribution in [3.63, 3.8) is 0 Å². The van der Waals surface area contributed by atoms with Gasteiger partial charge in [-0.05, 0) is 50.9 Å². The Labute approximate surface area is 118 Å². The number of hydrogen-bond acceptors (Lipinski definition) is 2. The normalized spacial score (nSPS) is 20.5. The Balaban J connectivity index is 1.81. The molecule has 1 atom stereocenters. The lowest BCUT2D eigenvalue weighted by atomic mass is 9.84. The molecule has 1 fully saturated rings. The predicted molar refractivity (Wildman–Crippen MR) is 82.7 cm³/mol. The second kappa shape index (κ2) is 6.53. The summed E-state index contributed by atoms with van der Waals surface area (Å²) >= 11 is 0. The second-order valence-electron chi connectivity index (χ2n) is 6.59. The van der Waals surface area contributed by atoms with Crippen molar-refractivity contribution in [3.05, 3.63) is 35.4 Å². The van der Waals surface area contributed by atoms with Crippen molar-refractivity contribution in [2.75, 3.05) is 26.2 Å². The summed E-state index contributed by atoms with van der Waals surface area (Å²) in [5.74, 6) is 0.808. The maximum absolute atomic E-state index is 3.67. The highest BCUT2D eigenvalue weighted by Crippen LogP contribution is 2.22.